The Balaban J connectivity index is 2.20. The normalized spacial score (nSPS) is 12.2. The summed E-state index contributed by atoms with van der Waals surface area (Å²) in [5.41, 5.74) is 1.65. The van der Waals surface area contributed by atoms with Gasteiger partial charge in [-0.2, -0.15) is 0 Å². The molecule has 0 fully saturated rings. The van der Waals surface area contributed by atoms with Crippen LogP contribution in [0.5, 0.6) is 5.75 Å². The number of aliphatic hydroxyl groups is 1. The molecule has 0 radical (unpaired) electrons. The second kappa shape index (κ2) is 6.94. The van der Waals surface area contributed by atoms with Crippen LogP contribution < -0.4 is 4.74 Å². The first-order valence-electron chi connectivity index (χ1n) is 6.01. The third-order valence-electron chi connectivity index (χ3n) is 2.82. The van der Waals surface area contributed by atoms with E-state index in [-0.39, 0.29) is 0 Å². The minimum Gasteiger partial charge on any atom is -0.488 e. The fourth-order valence-electron chi connectivity index (χ4n) is 1.77. The Kier molecular flexibility index (Phi) is 5.49. The molecule has 2 nitrogen and oxygen atoms in total. The van der Waals surface area contributed by atoms with Gasteiger partial charge in [-0.1, -0.05) is 55.6 Å². The maximum Gasteiger partial charge on any atom is 0.126 e. The van der Waals surface area contributed by atoms with E-state index in [1.165, 1.54) is 0 Å². The Bertz CT molecular complexity index is 615. The number of rotatable bonds is 4. The summed E-state index contributed by atoms with van der Waals surface area (Å²) in [6.45, 7) is 2.06. The van der Waals surface area contributed by atoms with Gasteiger partial charge in [0.25, 0.3) is 0 Å². The maximum atomic E-state index is 9.76. The van der Waals surface area contributed by atoms with Crippen molar-refractivity contribution >= 4 is 43.5 Å². The number of benzene rings is 2. The average molecular weight is 421 g/mol. The molecular formula is C15H13Br2ClO2. The molecule has 0 aliphatic carbocycles. The molecule has 0 saturated carbocycles. The molecule has 106 valence electrons. The van der Waals surface area contributed by atoms with E-state index in [0.717, 1.165) is 20.1 Å². The minimum atomic E-state index is -0.585. The number of hydrogen-bond acceptors (Lipinski definition) is 2. The second-order valence-corrected chi connectivity index (χ2v) is 6.62. The Morgan fingerprint density at radius 3 is 2.45 bits per heavy atom. The van der Waals surface area contributed by atoms with Gasteiger partial charge in [-0.3, -0.25) is 0 Å². The highest BCUT2D eigenvalue weighted by Gasteiger charge is 2.11. The molecule has 0 aromatic heterocycles. The summed E-state index contributed by atoms with van der Waals surface area (Å²) in [6, 6.07) is 11.2. The molecule has 2 aromatic carbocycles. The third kappa shape index (κ3) is 3.98. The molecule has 0 unspecified atom stereocenters. The first kappa shape index (κ1) is 15.8. The topological polar surface area (TPSA) is 29.5 Å². The van der Waals surface area contributed by atoms with Gasteiger partial charge in [-0.05, 0) is 31.2 Å². The molecule has 20 heavy (non-hydrogen) atoms. The van der Waals surface area contributed by atoms with E-state index in [1.54, 1.807) is 6.92 Å². The predicted molar refractivity (Wildman–Crippen MR) is 88.3 cm³/mol. The van der Waals surface area contributed by atoms with Crippen LogP contribution in [0.3, 0.4) is 0 Å². The van der Waals surface area contributed by atoms with Gasteiger partial charge in [-0.25, -0.2) is 0 Å². The first-order chi connectivity index (χ1) is 9.47. The molecule has 1 atom stereocenters. The summed E-state index contributed by atoms with van der Waals surface area (Å²) < 4.78 is 7.63. The maximum absolute atomic E-state index is 9.76. The van der Waals surface area contributed by atoms with Gasteiger partial charge in [0.2, 0.25) is 0 Å². The molecule has 0 saturated heterocycles. The molecule has 2 aromatic rings. The zero-order valence-corrected chi connectivity index (χ0v) is 14.7. The van der Waals surface area contributed by atoms with Crippen molar-refractivity contribution in [2.45, 2.75) is 19.6 Å². The van der Waals surface area contributed by atoms with Crippen molar-refractivity contribution in [3.63, 3.8) is 0 Å². The van der Waals surface area contributed by atoms with Crippen LogP contribution in [0.1, 0.15) is 24.2 Å². The van der Waals surface area contributed by atoms with Gasteiger partial charge < -0.3 is 9.84 Å². The molecule has 0 aliphatic rings. The van der Waals surface area contributed by atoms with Crippen molar-refractivity contribution in [2.75, 3.05) is 0 Å². The van der Waals surface area contributed by atoms with Crippen molar-refractivity contribution in [1.29, 1.82) is 0 Å². The summed E-state index contributed by atoms with van der Waals surface area (Å²) in [6.07, 6.45) is -0.585. The lowest BCUT2D eigenvalue weighted by Gasteiger charge is -2.14. The van der Waals surface area contributed by atoms with E-state index in [2.05, 4.69) is 31.9 Å². The molecule has 0 bridgehead atoms. The van der Waals surface area contributed by atoms with Gasteiger partial charge in [0.1, 0.15) is 12.4 Å². The van der Waals surface area contributed by atoms with Gasteiger partial charge in [0.05, 0.1) is 6.10 Å². The minimum absolute atomic E-state index is 0.349. The fourth-order valence-corrected chi connectivity index (χ4v) is 2.84. The standard InChI is InChI=1S/C15H13Br2ClO2/c1-9(19)13-5-4-12(17)7-15(13)20-8-10-2-3-11(16)6-14(10)18/h2-7,9,19H,8H2,1H3/t9-/m1/s1. The highest BCUT2D eigenvalue weighted by atomic mass is 79.9. The van der Waals surface area contributed by atoms with Crippen LogP contribution in [0.4, 0.5) is 0 Å². The lowest BCUT2D eigenvalue weighted by Crippen LogP contribution is -2.01. The Morgan fingerprint density at radius 1 is 1.15 bits per heavy atom. The SMILES string of the molecule is C[C@@H](O)c1ccc(Br)cc1OCc1ccc(Br)cc1Cl. The van der Waals surface area contributed by atoms with Crippen LogP contribution in [0.15, 0.2) is 45.3 Å². The van der Waals surface area contributed by atoms with Gasteiger partial charge >= 0.3 is 0 Å². The van der Waals surface area contributed by atoms with Crippen molar-refractivity contribution in [1.82, 2.24) is 0 Å². The monoisotopic (exact) mass is 418 g/mol. The largest absolute Gasteiger partial charge is 0.488 e. The van der Waals surface area contributed by atoms with Crippen molar-refractivity contribution < 1.29 is 9.84 Å². The summed E-state index contributed by atoms with van der Waals surface area (Å²) in [5, 5.41) is 10.4. The number of halogens is 3. The van der Waals surface area contributed by atoms with E-state index in [4.69, 9.17) is 16.3 Å². The summed E-state index contributed by atoms with van der Waals surface area (Å²) in [4.78, 5) is 0. The number of aliphatic hydroxyl groups excluding tert-OH is 1. The van der Waals surface area contributed by atoms with Gasteiger partial charge in [0.15, 0.2) is 0 Å². The lowest BCUT2D eigenvalue weighted by molar-refractivity contribution is 0.190. The molecule has 0 spiro atoms. The Labute approximate surface area is 140 Å². The van der Waals surface area contributed by atoms with Gasteiger partial charge in [-0.15, -0.1) is 0 Å². The quantitative estimate of drug-likeness (QED) is 0.708. The Hall–Kier alpha value is -0.550. The lowest BCUT2D eigenvalue weighted by atomic mass is 10.1. The van der Waals surface area contributed by atoms with Gasteiger partial charge in [0, 0.05) is 25.1 Å². The summed E-state index contributed by atoms with van der Waals surface area (Å²) in [7, 11) is 0. The molecule has 2 rings (SSSR count). The third-order valence-corrected chi connectivity index (χ3v) is 4.16. The number of ether oxygens (including phenoxy) is 1. The predicted octanol–water partition coefficient (Wildman–Crippen LogP) is 5.50. The molecule has 0 aliphatic heterocycles. The van der Waals surface area contributed by atoms with Crippen LogP contribution >= 0.6 is 43.5 Å². The molecule has 0 amide bonds. The molecule has 5 heteroatoms. The molecular weight excluding hydrogens is 407 g/mol. The second-order valence-electron chi connectivity index (χ2n) is 4.38. The fraction of sp³-hybridized carbons (Fsp3) is 0.200. The Morgan fingerprint density at radius 2 is 1.80 bits per heavy atom. The van der Waals surface area contributed by atoms with E-state index >= 15 is 0 Å². The number of hydrogen-bond donors (Lipinski definition) is 1. The zero-order chi connectivity index (χ0) is 14.7. The van der Waals surface area contributed by atoms with Crippen LogP contribution in [0.25, 0.3) is 0 Å². The van der Waals surface area contributed by atoms with E-state index in [9.17, 15) is 5.11 Å². The van der Waals surface area contributed by atoms with E-state index < -0.39 is 6.10 Å². The first-order valence-corrected chi connectivity index (χ1v) is 7.98. The smallest absolute Gasteiger partial charge is 0.126 e. The van der Waals surface area contributed by atoms with Crippen LogP contribution in [-0.2, 0) is 6.61 Å². The van der Waals surface area contributed by atoms with Crippen LogP contribution in [0, 0.1) is 0 Å². The highest BCUT2D eigenvalue weighted by Crippen LogP contribution is 2.30. The van der Waals surface area contributed by atoms with Crippen molar-refractivity contribution in [2.24, 2.45) is 0 Å². The van der Waals surface area contributed by atoms with Crippen LogP contribution in [0.2, 0.25) is 5.02 Å². The average Bonchev–Trinajstić information content (AvgIpc) is 2.37. The van der Waals surface area contributed by atoms with E-state index in [0.29, 0.717) is 17.4 Å². The summed E-state index contributed by atoms with van der Waals surface area (Å²) >= 11 is 12.9. The zero-order valence-electron chi connectivity index (χ0n) is 10.7. The van der Waals surface area contributed by atoms with E-state index in [1.807, 2.05) is 36.4 Å². The van der Waals surface area contributed by atoms with Crippen molar-refractivity contribution in [3.05, 3.63) is 61.5 Å². The molecule has 0 heterocycles. The summed E-state index contributed by atoms with van der Waals surface area (Å²) in [5.74, 6) is 0.647. The molecule has 1 N–H and O–H groups in total. The van der Waals surface area contributed by atoms with Crippen LogP contribution in [-0.4, -0.2) is 5.11 Å². The van der Waals surface area contributed by atoms with Crippen molar-refractivity contribution in [3.8, 4) is 5.75 Å². The highest BCUT2D eigenvalue weighted by molar-refractivity contribution is 9.10.